The molecule has 0 aliphatic heterocycles. The van der Waals surface area contributed by atoms with Crippen molar-refractivity contribution in [3.05, 3.63) is 22.8 Å². The molecule has 2 amide bonds. The zero-order valence-electron chi connectivity index (χ0n) is 24.2. The summed E-state index contributed by atoms with van der Waals surface area (Å²) < 4.78 is 0. The number of aromatic hydroxyl groups is 1. The second-order valence-electron chi connectivity index (χ2n) is 12.4. The summed E-state index contributed by atoms with van der Waals surface area (Å²) in [7, 11) is 6.63. The summed E-state index contributed by atoms with van der Waals surface area (Å²) in [4.78, 5) is 83.4. The van der Waals surface area contributed by atoms with Crippen LogP contribution in [0.3, 0.4) is 0 Å². The van der Waals surface area contributed by atoms with E-state index in [1.807, 2.05) is 13.8 Å². The van der Waals surface area contributed by atoms with Gasteiger partial charge in [0.25, 0.3) is 0 Å². The number of rotatable bonds is 8. The molecule has 0 saturated heterocycles. The first kappa shape index (κ1) is 30.3. The van der Waals surface area contributed by atoms with Gasteiger partial charge in [-0.05, 0) is 50.4 Å². The minimum Gasteiger partial charge on any atom is -0.507 e. The van der Waals surface area contributed by atoms with Gasteiger partial charge in [0.1, 0.15) is 5.75 Å². The number of nitrogens with two attached hydrogens (primary N) is 1. The Labute approximate surface area is 238 Å². The van der Waals surface area contributed by atoms with Crippen molar-refractivity contribution in [3.8, 4) is 5.75 Å². The average Bonchev–Trinajstić information content (AvgIpc) is 2.86. The first-order chi connectivity index (χ1) is 19.1. The van der Waals surface area contributed by atoms with Crippen LogP contribution in [0.4, 0.5) is 5.69 Å². The summed E-state index contributed by atoms with van der Waals surface area (Å²) in [5, 5.41) is 23.1. The van der Waals surface area contributed by atoms with Crippen molar-refractivity contribution in [2.75, 3.05) is 39.6 Å². The van der Waals surface area contributed by atoms with Gasteiger partial charge in [-0.2, -0.15) is 0 Å². The predicted octanol–water partition coefficient (Wildman–Crippen LogP) is -0.453. The second-order valence-corrected chi connectivity index (χ2v) is 12.4. The summed E-state index contributed by atoms with van der Waals surface area (Å²) in [5.41, 5.74) is 3.94. The van der Waals surface area contributed by atoms with Crippen molar-refractivity contribution in [1.82, 2.24) is 9.80 Å². The Hall–Kier alpha value is -3.64. The van der Waals surface area contributed by atoms with Gasteiger partial charge >= 0.3 is 0 Å². The molecule has 2 fully saturated rings. The maximum atomic E-state index is 14.1. The number of amides is 2. The summed E-state index contributed by atoms with van der Waals surface area (Å²) in [5.74, 6) is -10.8. The van der Waals surface area contributed by atoms with E-state index in [2.05, 4.69) is 0 Å². The molecule has 0 bridgehead atoms. The number of benzene rings is 1. The van der Waals surface area contributed by atoms with Crippen LogP contribution in [0.5, 0.6) is 5.75 Å². The fraction of sp³-hybridized carbons (Fsp3) is 0.586. The molecule has 12 heteroatoms. The molecule has 1 aromatic carbocycles. The molecule has 2 saturated carbocycles. The Morgan fingerprint density at radius 3 is 2.29 bits per heavy atom. The van der Waals surface area contributed by atoms with Gasteiger partial charge in [0, 0.05) is 44.4 Å². The summed E-state index contributed by atoms with van der Waals surface area (Å²) in [6.07, 6.45) is 0.807. The van der Waals surface area contributed by atoms with Crippen LogP contribution in [0.25, 0.3) is 0 Å². The Bertz CT molecular complexity index is 1340. The Morgan fingerprint density at radius 1 is 1.15 bits per heavy atom. The molecule has 0 radical (unpaired) electrons. The zero-order chi connectivity index (χ0) is 30.7. The van der Waals surface area contributed by atoms with Crippen LogP contribution in [0.1, 0.15) is 41.8 Å². The number of hydrogen-bond donors (Lipinski definition) is 3. The molecule has 3 unspecified atom stereocenters. The number of phenolic OH excluding ortho intramolecular Hbond substituents is 1. The van der Waals surface area contributed by atoms with Crippen LogP contribution in [0.2, 0.25) is 0 Å². The minimum absolute atomic E-state index is 0.0212. The number of likely N-dealkylation sites (N-methyl/N-ethyl adjacent to an activating group) is 1. The first-order valence-electron chi connectivity index (χ1n) is 13.7. The lowest BCUT2D eigenvalue weighted by Crippen LogP contribution is -2.74. The molecule has 3 aliphatic carbocycles. The molecule has 4 rings (SSSR count). The third-order valence-electron chi connectivity index (χ3n) is 8.72. The van der Waals surface area contributed by atoms with Gasteiger partial charge in [-0.25, -0.2) is 0 Å². The molecular formula is C29H38N4O8. The van der Waals surface area contributed by atoms with E-state index >= 15 is 0 Å². The van der Waals surface area contributed by atoms with Gasteiger partial charge in [-0.3, -0.25) is 33.7 Å². The lowest BCUT2D eigenvalue weighted by Gasteiger charge is -2.52. The third-order valence-corrected chi connectivity index (χ3v) is 8.72. The van der Waals surface area contributed by atoms with E-state index in [0.29, 0.717) is 29.8 Å². The molecule has 6 atom stereocenters. The highest BCUT2D eigenvalue weighted by Gasteiger charge is 2.69. The SMILES string of the molecule is CC(C)CN(C=O)Cc1cc(N(C)C)c2c(c1O)C(=O)C1C(=O)[C@]3(O)C(=O)C(C(N)=O)C(=O)C(N(C)C)[C@@H]3C[C@@H]1C2. The van der Waals surface area contributed by atoms with Gasteiger partial charge < -0.3 is 25.7 Å². The number of carbonyl (C=O) groups excluding carboxylic acids is 6. The van der Waals surface area contributed by atoms with E-state index in [1.165, 1.54) is 9.80 Å². The van der Waals surface area contributed by atoms with Crippen molar-refractivity contribution in [3.63, 3.8) is 0 Å². The predicted molar refractivity (Wildman–Crippen MR) is 147 cm³/mol. The standard InChI is InChI=1S/C29H38N4O8/c1-13(2)10-33(12-34)11-15-9-18(31(3)4)16-7-14-8-17-22(32(5)6)25(37)21(28(30)40)27(39)29(17,41)26(38)19(14)24(36)20(16)23(15)35/h9,12-14,17,19,21-22,35,41H,7-8,10-11H2,1-6H3,(H2,30,40)/t14-,17-,19?,21?,22?,29-/m0/s1. The molecule has 0 spiro atoms. The lowest BCUT2D eigenvalue weighted by atomic mass is 9.52. The summed E-state index contributed by atoms with van der Waals surface area (Å²) in [6, 6.07) is 0.559. The van der Waals surface area contributed by atoms with Gasteiger partial charge in [0.15, 0.2) is 34.7 Å². The quantitative estimate of drug-likeness (QED) is 0.274. The average molecular weight is 571 g/mol. The van der Waals surface area contributed by atoms with E-state index in [-0.39, 0.29) is 36.6 Å². The smallest absolute Gasteiger partial charge is 0.235 e. The topological polar surface area (TPSA) is 179 Å². The summed E-state index contributed by atoms with van der Waals surface area (Å²) in [6.45, 7) is 4.31. The molecule has 4 N–H and O–H groups in total. The van der Waals surface area contributed by atoms with Crippen molar-refractivity contribution < 1.29 is 39.0 Å². The number of phenols is 1. The molecular weight excluding hydrogens is 532 g/mol. The monoisotopic (exact) mass is 570 g/mol. The van der Waals surface area contributed by atoms with Gasteiger partial charge in [-0.1, -0.05) is 13.8 Å². The molecule has 0 aromatic heterocycles. The number of Topliss-reactive ketones (excluding diaryl/α,β-unsaturated/α-hetero) is 4. The highest BCUT2D eigenvalue weighted by atomic mass is 16.3. The van der Waals surface area contributed by atoms with Crippen LogP contribution in [0.15, 0.2) is 6.07 Å². The molecule has 3 aliphatic rings. The van der Waals surface area contributed by atoms with Gasteiger partial charge in [0.05, 0.1) is 17.5 Å². The normalized spacial score (nSPS) is 29.2. The number of fused-ring (bicyclic) bond motifs is 3. The Kier molecular flexibility index (Phi) is 7.87. The van der Waals surface area contributed by atoms with E-state index in [0.717, 1.165) is 0 Å². The number of ketones is 4. The van der Waals surface area contributed by atoms with Crippen LogP contribution < -0.4 is 10.6 Å². The Morgan fingerprint density at radius 2 is 1.78 bits per heavy atom. The zero-order valence-corrected chi connectivity index (χ0v) is 24.2. The van der Waals surface area contributed by atoms with Crippen molar-refractivity contribution in [1.29, 1.82) is 0 Å². The highest BCUT2D eigenvalue weighted by molar-refractivity contribution is 6.32. The van der Waals surface area contributed by atoms with Crippen molar-refractivity contribution in [2.24, 2.45) is 35.3 Å². The number of primary amides is 1. The van der Waals surface area contributed by atoms with E-state index in [1.54, 1.807) is 39.2 Å². The highest BCUT2D eigenvalue weighted by Crippen LogP contribution is 2.52. The fourth-order valence-corrected chi connectivity index (χ4v) is 7.06. The minimum atomic E-state index is -2.78. The largest absolute Gasteiger partial charge is 0.507 e. The van der Waals surface area contributed by atoms with Gasteiger partial charge in [0.2, 0.25) is 12.3 Å². The lowest BCUT2D eigenvalue weighted by molar-refractivity contribution is -0.181. The molecule has 0 heterocycles. The van der Waals surface area contributed by atoms with E-state index in [9.17, 15) is 39.0 Å². The van der Waals surface area contributed by atoms with Crippen molar-refractivity contribution in [2.45, 2.75) is 44.9 Å². The summed E-state index contributed by atoms with van der Waals surface area (Å²) >= 11 is 0. The van der Waals surface area contributed by atoms with Crippen molar-refractivity contribution >= 4 is 41.1 Å². The molecule has 12 nitrogen and oxygen atoms in total. The van der Waals surface area contributed by atoms with E-state index < -0.39 is 64.4 Å². The maximum Gasteiger partial charge on any atom is 0.235 e. The van der Waals surface area contributed by atoms with Crippen LogP contribution >= 0.6 is 0 Å². The van der Waals surface area contributed by atoms with Crippen LogP contribution in [-0.2, 0) is 36.9 Å². The number of anilines is 1. The third kappa shape index (κ3) is 4.62. The van der Waals surface area contributed by atoms with Crippen LogP contribution in [-0.4, -0.2) is 102 Å². The second kappa shape index (κ2) is 10.6. The number of nitrogens with zero attached hydrogens (tertiary/aromatic N) is 3. The number of hydrogen-bond acceptors (Lipinski definition) is 10. The van der Waals surface area contributed by atoms with Crippen LogP contribution in [0, 0.1) is 29.6 Å². The fourth-order valence-electron chi connectivity index (χ4n) is 7.06. The maximum absolute atomic E-state index is 14.1. The molecule has 1 aromatic rings. The number of aliphatic hydroxyl groups is 1. The number of carbonyl (C=O) groups is 6. The first-order valence-corrected chi connectivity index (χ1v) is 13.7. The van der Waals surface area contributed by atoms with Gasteiger partial charge in [-0.15, -0.1) is 0 Å². The Balaban J connectivity index is 1.86. The molecule has 222 valence electrons. The van der Waals surface area contributed by atoms with E-state index in [4.69, 9.17) is 5.73 Å². The molecule has 41 heavy (non-hydrogen) atoms.